The molecule has 0 unspecified atom stereocenters. The van der Waals surface area contributed by atoms with Crippen LogP contribution in [0.5, 0.6) is 5.75 Å². The second-order valence-electron chi connectivity index (χ2n) is 9.00. The summed E-state index contributed by atoms with van der Waals surface area (Å²) < 4.78 is 7.84. The number of nitrogens with two attached hydrogens (primary N) is 1. The van der Waals surface area contributed by atoms with Crippen LogP contribution >= 0.6 is 47.1 Å². The number of fused-ring (bicyclic) bond motifs is 2. The van der Waals surface area contributed by atoms with Crippen LogP contribution in [0.15, 0.2) is 71.6 Å². The number of anilines is 2. The van der Waals surface area contributed by atoms with Gasteiger partial charge in [0.05, 0.1) is 27.0 Å². The molecule has 0 bridgehead atoms. The number of para-hydroxylation sites is 2. The number of aromatic nitrogens is 1. The van der Waals surface area contributed by atoms with E-state index in [0.29, 0.717) is 22.0 Å². The van der Waals surface area contributed by atoms with E-state index in [4.69, 9.17) is 33.7 Å². The third-order valence-electron chi connectivity index (χ3n) is 6.27. The Hall–Kier alpha value is -2.99. The number of likely N-dealkylation sites (N-methyl/N-ethyl adjacent to an activating group) is 1. The molecule has 1 aliphatic heterocycles. The minimum Gasteiger partial charge on any atom is -0.487 e. The number of nitrogens with zero attached hydrogens (tertiary/aromatic N) is 3. The minimum atomic E-state index is -1.36. The van der Waals surface area contributed by atoms with Crippen molar-refractivity contribution in [1.29, 1.82) is 0 Å². The quantitative estimate of drug-likeness (QED) is 0.167. The minimum absolute atomic E-state index is 0.0146. The van der Waals surface area contributed by atoms with Gasteiger partial charge in [-0.1, -0.05) is 53.5 Å². The van der Waals surface area contributed by atoms with Crippen molar-refractivity contribution < 1.29 is 14.3 Å². The van der Waals surface area contributed by atoms with Crippen molar-refractivity contribution in [2.45, 2.75) is 24.5 Å². The summed E-state index contributed by atoms with van der Waals surface area (Å²) in [4.78, 5) is 32.9. The number of hydrazine groups is 1. The van der Waals surface area contributed by atoms with Gasteiger partial charge in [0.2, 0.25) is 0 Å². The van der Waals surface area contributed by atoms with Crippen molar-refractivity contribution in [3.63, 3.8) is 0 Å². The maximum absolute atomic E-state index is 13.2. The van der Waals surface area contributed by atoms with Gasteiger partial charge < -0.3 is 15.4 Å². The molecule has 0 aliphatic carbocycles. The van der Waals surface area contributed by atoms with Gasteiger partial charge in [0.25, 0.3) is 5.91 Å². The van der Waals surface area contributed by atoms with Gasteiger partial charge in [0.1, 0.15) is 23.9 Å². The molecule has 5 rings (SSSR count). The number of pyridine rings is 1. The molecule has 12 heteroatoms. The summed E-state index contributed by atoms with van der Waals surface area (Å²) in [6, 6.07) is 19.3. The second-order valence-corrected chi connectivity index (χ2v) is 11.9. The van der Waals surface area contributed by atoms with E-state index >= 15 is 0 Å². The number of ketones is 1. The first-order chi connectivity index (χ1) is 19.2. The van der Waals surface area contributed by atoms with Crippen molar-refractivity contribution in [3.05, 3.63) is 88.0 Å². The zero-order valence-corrected chi connectivity index (χ0v) is 24.7. The van der Waals surface area contributed by atoms with Crippen molar-refractivity contribution in [2.24, 2.45) is 5.73 Å². The van der Waals surface area contributed by atoms with E-state index in [9.17, 15) is 9.59 Å². The zero-order valence-electron chi connectivity index (χ0n) is 21.6. The van der Waals surface area contributed by atoms with Crippen LogP contribution in [0.3, 0.4) is 0 Å². The lowest BCUT2D eigenvalue weighted by Gasteiger charge is -2.23. The lowest BCUT2D eigenvalue weighted by Crippen LogP contribution is -2.48. The predicted octanol–water partition coefficient (Wildman–Crippen LogP) is 6.29. The third-order valence-corrected chi connectivity index (χ3v) is 9.13. The van der Waals surface area contributed by atoms with Crippen molar-refractivity contribution >= 4 is 81.1 Å². The van der Waals surface area contributed by atoms with Gasteiger partial charge in [-0.05, 0) is 67.2 Å². The molecular weight excluding hydrogens is 589 g/mol. The Kier molecular flexibility index (Phi) is 8.74. The van der Waals surface area contributed by atoms with Crippen LogP contribution in [0.4, 0.5) is 11.4 Å². The first-order valence-electron chi connectivity index (χ1n) is 12.2. The summed E-state index contributed by atoms with van der Waals surface area (Å²) in [6.45, 7) is 1.96. The normalized spacial score (nSPS) is 13.5. The van der Waals surface area contributed by atoms with E-state index < -0.39 is 17.7 Å². The Morgan fingerprint density at radius 3 is 2.73 bits per heavy atom. The fourth-order valence-corrected chi connectivity index (χ4v) is 6.52. The molecule has 8 nitrogen and oxygen atoms in total. The number of halogens is 2. The lowest BCUT2D eigenvalue weighted by molar-refractivity contribution is -0.127. The molecule has 206 valence electrons. The van der Waals surface area contributed by atoms with Crippen molar-refractivity contribution in [3.8, 4) is 5.75 Å². The molecule has 1 amide bonds. The molecule has 1 aromatic heterocycles. The Morgan fingerprint density at radius 2 is 1.93 bits per heavy atom. The maximum atomic E-state index is 13.2. The summed E-state index contributed by atoms with van der Waals surface area (Å²) in [5.74, 6) is -0.392. The molecule has 0 fully saturated rings. The number of carbonyl (C=O) groups is 2. The molecule has 0 radical (unpaired) electrons. The summed E-state index contributed by atoms with van der Waals surface area (Å²) in [7, 11) is 1.52. The van der Waals surface area contributed by atoms with Crippen LogP contribution in [0, 0.1) is 6.92 Å². The average molecular weight is 615 g/mol. The van der Waals surface area contributed by atoms with Crippen LogP contribution in [-0.4, -0.2) is 39.3 Å². The van der Waals surface area contributed by atoms with Gasteiger partial charge in [-0.3, -0.25) is 15.0 Å². The largest absolute Gasteiger partial charge is 0.487 e. The van der Waals surface area contributed by atoms with Gasteiger partial charge in [0, 0.05) is 28.7 Å². The Labute approximate surface area is 250 Å². The Balaban J connectivity index is 1.25. The first kappa shape index (κ1) is 28.5. The predicted molar refractivity (Wildman–Crippen MR) is 164 cm³/mol. The highest BCUT2D eigenvalue weighted by atomic mass is 35.5. The topological polar surface area (TPSA) is 101 Å². The third kappa shape index (κ3) is 6.02. The molecule has 0 saturated heterocycles. The van der Waals surface area contributed by atoms with Crippen LogP contribution in [-0.2, 0) is 16.2 Å². The average Bonchev–Trinajstić information content (AvgIpc) is 3.38. The van der Waals surface area contributed by atoms with Gasteiger partial charge in [-0.25, -0.2) is 4.98 Å². The molecule has 3 aromatic carbocycles. The van der Waals surface area contributed by atoms with Gasteiger partial charge in [-0.2, -0.15) is 0 Å². The fourth-order valence-electron chi connectivity index (χ4n) is 4.05. The number of rotatable bonds is 9. The highest BCUT2D eigenvalue weighted by Crippen LogP contribution is 2.41. The van der Waals surface area contributed by atoms with E-state index in [1.807, 2.05) is 61.5 Å². The number of Topliss-reactive ketones (excluding diaryl/α,β-unsaturated/α-hetero) is 1. The molecule has 1 atom stereocenters. The number of carbonyl (C=O) groups excluding carboxylic acids is 2. The number of amides is 1. The van der Waals surface area contributed by atoms with Gasteiger partial charge in [0.15, 0.2) is 5.78 Å². The zero-order chi connectivity index (χ0) is 28.4. The molecule has 0 spiro atoms. The standard InChI is InChI=1S/C28H25Cl2N5O3S2/c1-16-10-11-17-6-5-8-23(27(17)32-16)38-14-18-19(29)12-13-21(25(18)30)34(2)28(37)26(31)22(36)15-39-35-33-20-7-3-4-9-24(20)40-35/h3-13,26,33H,14-15,31H2,1-2H3/t26-/m0/s1. The van der Waals surface area contributed by atoms with E-state index in [1.54, 1.807) is 16.0 Å². The fraction of sp³-hybridized carbons (Fsp3) is 0.179. The number of aryl methyl sites for hydroxylation is 1. The Morgan fingerprint density at radius 1 is 1.12 bits per heavy atom. The summed E-state index contributed by atoms with van der Waals surface area (Å²) >= 11 is 15.9. The smallest absolute Gasteiger partial charge is 0.251 e. The summed E-state index contributed by atoms with van der Waals surface area (Å²) in [5, 5.41) is 1.56. The molecule has 4 aromatic rings. The maximum Gasteiger partial charge on any atom is 0.251 e. The summed E-state index contributed by atoms with van der Waals surface area (Å²) in [5.41, 5.74) is 12.7. The molecule has 1 aliphatic rings. The van der Waals surface area contributed by atoms with Gasteiger partial charge in [-0.15, -0.1) is 3.82 Å². The molecular formula is C28H25Cl2N5O3S2. The molecule has 0 saturated carbocycles. The highest BCUT2D eigenvalue weighted by molar-refractivity contribution is 8.12. The van der Waals surface area contributed by atoms with E-state index in [1.165, 1.54) is 35.8 Å². The van der Waals surface area contributed by atoms with Crippen LogP contribution in [0.2, 0.25) is 10.0 Å². The second kappa shape index (κ2) is 12.3. The number of benzene rings is 3. The number of hydrogen-bond donors (Lipinski definition) is 2. The van der Waals surface area contributed by atoms with Crippen LogP contribution in [0.25, 0.3) is 10.9 Å². The SMILES string of the molecule is Cc1ccc2cccc(OCc3c(Cl)ccc(N(C)C(=O)[C@@H](N)C(=O)CSN4Nc5ccccc5S4)c3Cl)c2n1. The van der Waals surface area contributed by atoms with Crippen LogP contribution < -0.4 is 20.8 Å². The van der Waals surface area contributed by atoms with Gasteiger partial charge >= 0.3 is 0 Å². The van der Waals surface area contributed by atoms with E-state index in [2.05, 4.69) is 10.4 Å². The van der Waals surface area contributed by atoms with Crippen molar-refractivity contribution in [2.75, 3.05) is 23.1 Å². The number of nitrogens with one attached hydrogen (secondary N) is 1. The number of hydrogen-bond acceptors (Lipinski definition) is 9. The van der Waals surface area contributed by atoms with E-state index in [0.717, 1.165) is 27.2 Å². The van der Waals surface area contributed by atoms with Crippen LogP contribution in [0.1, 0.15) is 11.3 Å². The van der Waals surface area contributed by atoms with E-state index in [-0.39, 0.29) is 17.4 Å². The van der Waals surface area contributed by atoms with Crippen molar-refractivity contribution in [1.82, 2.24) is 8.80 Å². The lowest BCUT2D eigenvalue weighted by atomic mass is 10.1. The molecule has 40 heavy (non-hydrogen) atoms. The first-order valence-corrected chi connectivity index (χ1v) is 14.7. The summed E-state index contributed by atoms with van der Waals surface area (Å²) in [6.07, 6.45) is 0. The molecule has 2 heterocycles. The molecule has 3 N–H and O–H groups in total. The monoisotopic (exact) mass is 613 g/mol. The number of ether oxygens (including phenoxy) is 1. The Bertz CT molecular complexity index is 1580. The highest BCUT2D eigenvalue weighted by Gasteiger charge is 2.29.